The van der Waals surface area contributed by atoms with Gasteiger partial charge in [-0.05, 0) is 54.7 Å². The molecule has 0 aliphatic heterocycles. The predicted octanol–water partition coefficient (Wildman–Crippen LogP) is 2.77. The normalized spacial score (nSPS) is 17.3. The number of nitrogens with two attached hydrogens (primary N) is 1. The lowest BCUT2D eigenvalue weighted by Gasteiger charge is -2.26. The van der Waals surface area contributed by atoms with Gasteiger partial charge in [-0.25, -0.2) is 17.5 Å². The standard InChI is InChI=1S/C17H19FN2O3S/c1-23-17-10-13(6-8-15(17)18)24(21,22)20-16-4-2-3-11-9-12(19)5-7-14(11)16/h5-10,16,20H,2-4,19H2,1H3. The molecule has 0 fully saturated rings. The Balaban J connectivity index is 1.91. The molecule has 0 radical (unpaired) electrons. The molecule has 1 unspecified atom stereocenters. The summed E-state index contributed by atoms with van der Waals surface area (Å²) in [5.41, 5.74) is 8.47. The summed E-state index contributed by atoms with van der Waals surface area (Å²) in [6.07, 6.45) is 2.45. The highest BCUT2D eigenvalue weighted by molar-refractivity contribution is 7.89. The Labute approximate surface area is 140 Å². The second-order valence-corrected chi connectivity index (χ2v) is 7.53. The van der Waals surface area contributed by atoms with E-state index in [0.29, 0.717) is 12.1 Å². The summed E-state index contributed by atoms with van der Waals surface area (Å²) >= 11 is 0. The van der Waals surface area contributed by atoms with Crippen molar-refractivity contribution in [3.63, 3.8) is 0 Å². The first-order chi connectivity index (χ1) is 11.4. The molecule has 1 aliphatic carbocycles. The lowest BCUT2D eigenvalue weighted by atomic mass is 9.88. The number of rotatable bonds is 4. The third kappa shape index (κ3) is 3.22. The molecule has 0 aromatic heterocycles. The Morgan fingerprint density at radius 2 is 2.04 bits per heavy atom. The zero-order valence-corrected chi connectivity index (χ0v) is 14.1. The third-order valence-corrected chi connectivity index (χ3v) is 5.68. The number of nitrogen functional groups attached to an aromatic ring is 1. The van der Waals surface area contributed by atoms with Gasteiger partial charge in [0, 0.05) is 17.8 Å². The quantitative estimate of drug-likeness (QED) is 0.831. The molecule has 2 aromatic carbocycles. The summed E-state index contributed by atoms with van der Waals surface area (Å²) in [5.74, 6) is -0.704. The summed E-state index contributed by atoms with van der Waals surface area (Å²) in [6.45, 7) is 0. The highest BCUT2D eigenvalue weighted by Gasteiger charge is 2.26. The molecule has 0 saturated carbocycles. The van der Waals surface area contributed by atoms with Crippen LogP contribution in [0, 0.1) is 5.82 Å². The van der Waals surface area contributed by atoms with Crippen molar-refractivity contribution in [3.05, 3.63) is 53.3 Å². The Hall–Kier alpha value is -2.12. The molecule has 0 heterocycles. The molecule has 0 spiro atoms. The van der Waals surface area contributed by atoms with Crippen LogP contribution in [0.3, 0.4) is 0 Å². The number of anilines is 1. The van der Waals surface area contributed by atoms with Crippen molar-refractivity contribution < 1.29 is 17.5 Å². The zero-order chi connectivity index (χ0) is 17.3. The van der Waals surface area contributed by atoms with Gasteiger partial charge < -0.3 is 10.5 Å². The van der Waals surface area contributed by atoms with Crippen molar-refractivity contribution in [3.8, 4) is 5.75 Å². The fourth-order valence-corrected chi connectivity index (χ4v) is 4.28. The topological polar surface area (TPSA) is 81.4 Å². The summed E-state index contributed by atoms with van der Waals surface area (Å²) in [4.78, 5) is -0.0247. The van der Waals surface area contributed by atoms with Gasteiger partial charge in [0.2, 0.25) is 10.0 Å². The zero-order valence-electron chi connectivity index (χ0n) is 13.3. The van der Waals surface area contributed by atoms with Crippen molar-refractivity contribution >= 4 is 15.7 Å². The second kappa shape index (κ2) is 6.41. The molecular formula is C17H19FN2O3S. The van der Waals surface area contributed by atoms with Crippen molar-refractivity contribution in [2.45, 2.75) is 30.2 Å². The van der Waals surface area contributed by atoms with Gasteiger partial charge in [-0.2, -0.15) is 0 Å². The van der Waals surface area contributed by atoms with E-state index in [9.17, 15) is 12.8 Å². The molecule has 1 atom stereocenters. The smallest absolute Gasteiger partial charge is 0.241 e. The number of sulfonamides is 1. The van der Waals surface area contributed by atoms with Crippen molar-refractivity contribution in [1.82, 2.24) is 4.72 Å². The Bertz CT molecular complexity index is 868. The number of halogens is 1. The highest BCUT2D eigenvalue weighted by Crippen LogP contribution is 2.32. The summed E-state index contributed by atoms with van der Waals surface area (Å²) in [5, 5.41) is 0. The van der Waals surface area contributed by atoms with Gasteiger partial charge in [0.1, 0.15) is 0 Å². The fourth-order valence-electron chi connectivity index (χ4n) is 3.02. The van der Waals surface area contributed by atoms with E-state index in [1.165, 1.54) is 19.2 Å². The van der Waals surface area contributed by atoms with Crippen LogP contribution >= 0.6 is 0 Å². The highest BCUT2D eigenvalue weighted by atomic mass is 32.2. The minimum absolute atomic E-state index is 0.0247. The van der Waals surface area contributed by atoms with E-state index in [1.54, 1.807) is 6.07 Å². The van der Waals surface area contributed by atoms with E-state index in [0.717, 1.165) is 30.0 Å². The molecule has 3 N–H and O–H groups in total. The van der Waals surface area contributed by atoms with Crippen LogP contribution < -0.4 is 15.2 Å². The molecule has 1 aliphatic rings. The van der Waals surface area contributed by atoms with Crippen molar-refractivity contribution in [2.75, 3.05) is 12.8 Å². The Kier molecular flexibility index (Phi) is 4.47. The number of fused-ring (bicyclic) bond motifs is 1. The van der Waals surface area contributed by atoms with Gasteiger partial charge in [-0.15, -0.1) is 0 Å². The molecule has 7 heteroatoms. The van der Waals surface area contributed by atoms with E-state index in [1.807, 2.05) is 12.1 Å². The van der Waals surface area contributed by atoms with E-state index in [-0.39, 0.29) is 16.7 Å². The Morgan fingerprint density at radius 1 is 1.25 bits per heavy atom. The molecule has 0 amide bonds. The first-order valence-electron chi connectivity index (χ1n) is 7.65. The predicted molar refractivity (Wildman–Crippen MR) is 89.8 cm³/mol. The van der Waals surface area contributed by atoms with Crippen LogP contribution in [-0.4, -0.2) is 15.5 Å². The van der Waals surface area contributed by atoms with Crippen LogP contribution in [0.2, 0.25) is 0 Å². The van der Waals surface area contributed by atoms with Gasteiger partial charge in [0.25, 0.3) is 0 Å². The van der Waals surface area contributed by atoms with E-state index >= 15 is 0 Å². The molecule has 5 nitrogen and oxygen atoms in total. The van der Waals surface area contributed by atoms with Gasteiger partial charge in [-0.3, -0.25) is 0 Å². The number of benzene rings is 2. The van der Waals surface area contributed by atoms with Gasteiger partial charge in [-0.1, -0.05) is 6.07 Å². The van der Waals surface area contributed by atoms with Crippen LogP contribution in [0.5, 0.6) is 5.75 Å². The average Bonchev–Trinajstić information content (AvgIpc) is 2.54. The molecule has 128 valence electrons. The first kappa shape index (κ1) is 16.7. The molecule has 3 rings (SSSR count). The van der Waals surface area contributed by atoms with E-state index < -0.39 is 15.8 Å². The molecule has 0 bridgehead atoms. The maximum Gasteiger partial charge on any atom is 0.241 e. The van der Waals surface area contributed by atoms with E-state index in [4.69, 9.17) is 10.5 Å². The number of methoxy groups -OCH3 is 1. The summed E-state index contributed by atoms with van der Waals surface area (Å²) in [7, 11) is -2.49. The maximum atomic E-state index is 13.5. The van der Waals surface area contributed by atoms with Crippen LogP contribution in [0.25, 0.3) is 0 Å². The lowest BCUT2D eigenvalue weighted by Crippen LogP contribution is -2.31. The van der Waals surface area contributed by atoms with Gasteiger partial charge in [0.15, 0.2) is 11.6 Å². The number of aryl methyl sites for hydroxylation is 1. The minimum atomic E-state index is -3.79. The third-order valence-electron chi connectivity index (χ3n) is 4.21. The van der Waals surface area contributed by atoms with Crippen LogP contribution in [0.1, 0.15) is 30.0 Å². The molecule has 2 aromatic rings. The van der Waals surface area contributed by atoms with Gasteiger partial charge in [0.05, 0.1) is 12.0 Å². The van der Waals surface area contributed by atoms with Gasteiger partial charge >= 0.3 is 0 Å². The van der Waals surface area contributed by atoms with E-state index in [2.05, 4.69) is 4.72 Å². The molecular weight excluding hydrogens is 331 g/mol. The largest absolute Gasteiger partial charge is 0.494 e. The molecule has 24 heavy (non-hydrogen) atoms. The average molecular weight is 350 g/mol. The van der Waals surface area contributed by atoms with Crippen LogP contribution in [-0.2, 0) is 16.4 Å². The van der Waals surface area contributed by atoms with Crippen LogP contribution in [0.15, 0.2) is 41.3 Å². The van der Waals surface area contributed by atoms with Crippen molar-refractivity contribution in [2.24, 2.45) is 0 Å². The maximum absolute atomic E-state index is 13.5. The SMILES string of the molecule is COc1cc(S(=O)(=O)NC2CCCc3cc(N)ccc32)ccc1F. The number of hydrogen-bond donors (Lipinski definition) is 2. The number of nitrogens with one attached hydrogen (secondary N) is 1. The minimum Gasteiger partial charge on any atom is -0.494 e. The monoisotopic (exact) mass is 350 g/mol. The fraction of sp³-hybridized carbons (Fsp3) is 0.294. The summed E-state index contributed by atoms with van der Waals surface area (Å²) in [6, 6.07) is 8.70. The van der Waals surface area contributed by atoms with Crippen LogP contribution in [0.4, 0.5) is 10.1 Å². The van der Waals surface area contributed by atoms with Crippen molar-refractivity contribution in [1.29, 1.82) is 0 Å². The number of ether oxygens (including phenoxy) is 1. The summed E-state index contributed by atoms with van der Waals surface area (Å²) < 4.78 is 46.4. The second-order valence-electron chi connectivity index (χ2n) is 5.82. The molecule has 0 saturated heterocycles. The number of hydrogen-bond acceptors (Lipinski definition) is 4. The Morgan fingerprint density at radius 3 is 2.79 bits per heavy atom. The lowest BCUT2D eigenvalue weighted by molar-refractivity contribution is 0.385. The first-order valence-corrected chi connectivity index (χ1v) is 9.13.